The van der Waals surface area contributed by atoms with Gasteiger partial charge in [0, 0.05) is 12.6 Å². The zero-order chi connectivity index (χ0) is 20.6. The molecule has 0 bridgehead atoms. The van der Waals surface area contributed by atoms with Gasteiger partial charge in [0.05, 0.1) is 6.20 Å². The molecule has 8 nitrogen and oxygen atoms in total. The molecule has 2 aromatic heterocycles. The van der Waals surface area contributed by atoms with E-state index in [9.17, 15) is 14.4 Å². The minimum atomic E-state index is -0.559. The van der Waals surface area contributed by atoms with Crippen molar-refractivity contribution in [2.45, 2.75) is 40.8 Å². The maximum atomic E-state index is 12.4. The van der Waals surface area contributed by atoms with Crippen molar-refractivity contribution in [2.24, 2.45) is 7.05 Å². The van der Waals surface area contributed by atoms with Crippen LogP contribution in [-0.2, 0) is 29.7 Å². The molecule has 1 aromatic carbocycles. The molecule has 0 radical (unpaired) electrons. The zero-order valence-electron chi connectivity index (χ0n) is 16.6. The number of aryl methyl sites for hydroxylation is 3. The van der Waals surface area contributed by atoms with Gasteiger partial charge in [-0.3, -0.25) is 23.6 Å². The zero-order valence-corrected chi connectivity index (χ0v) is 16.6. The molecule has 2 heterocycles. The standard InChI is InChI=1S/C20H22N4O4/c1-11-6-12(2)18(14(4)25)13(3)16(11)9-28-17(26)8-24-10-21-19-15(20(24)27)7-22-23(19)5/h6-7,10H,8-9H2,1-5H3. The molecule has 0 aliphatic carbocycles. The van der Waals surface area contributed by atoms with Gasteiger partial charge in [-0.25, -0.2) is 4.98 Å². The average molecular weight is 382 g/mol. The van der Waals surface area contributed by atoms with E-state index >= 15 is 0 Å². The third-order valence-corrected chi connectivity index (χ3v) is 4.88. The Balaban J connectivity index is 1.79. The Labute approximate surface area is 161 Å². The van der Waals surface area contributed by atoms with Gasteiger partial charge >= 0.3 is 5.97 Å². The number of Topliss-reactive ketones (excluding diaryl/α,β-unsaturated/α-hetero) is 1. The van der Waals surface area contributed by atoms with Crippen LogP contribution in [0, 0.1) is 20.8 Å². The Morgan fingerprint density at radius 1 is 1.18 bits per heavy atom. The first-order valence-electron chi connectivity index (χ1n) is 8.84. The van der Waals surface area contributed by atoms with E-state index in [-0.39, 0.29) is 24.5 Å². The lowest BCUT2D eigenvalue weighted by molar-refractivity contribution is -0.145. The van der Waals surface area contributed by atoms with Crippen molar-refractivity contribution >= 4 is 22.8 Å². The highest BCUT2D eigenvalue weighted by atomic mass is 16.5. The van der Waals surface area contributed by atoms with Gasteiger partial charge in [0.15, 0.2) is 11.4 Å². The summed E-state index contributed by atoms with van der Waals surface area (Å²) in [6.07, 6.45) is 2.73. The molecule has 0 saturated heterocycles. The Morgan fingerprint density at radius 2 is 1.89 bits per heavy atom. The first kappa shape index (κ1) is 19.5. The largest absolute Gasteiger partial charge is 0.459 e. The number of benzene rings is 1. The molecule has 146 valence electrons. The highest BCUT2D eigenvalue weighted by Crippen LogP contribution is 2.23. The number of rotatable bonds is 5. The molecule has 0 unspecified atom stereocenters. The molecular weight excluding hydrogens is 360 g/mol. The van der Waals surface area contributed by atoms with Crippen LogP contribution in [0.25, 0.3) is 11.0 Å². The number of esters is 1. The molecule has 0 aliphatic rings. The van der Waals surface area contributed by atoms with Crippen LogP contribution in [0.5, 0.6) is 0 Å². The second kappa shape index (κ2) is 7.38. The highest BCUT2D eigenvalue weighted by Gasteiger charge is 2.16. The van der Waals surface area contributed by atoms with Crippen molar-refractivity contribution in [3.05, 3.63) is 56.8 Å². The van der Waals surface area contributed by atoms with E-state index in [1.807, 2.05) is 26.8 Å². The Kier molecular flexibility index (Phi) is 5.13. The smallest absolute Gasteiger partial charge is 0.326 e. The number of carbonyl (C=O) groups is 2. The van der Waals surface area contributed by atoms with Crippen LogP contribution >= 0.6 is 0 Å². The number of hydrogen-bond acceptors (Lipinski definition) is 6. The van der Waals surface area contributed by atoms with Gasteiger partial charge in [0.25, 0.3) is 5.56 Å². The van der Waals surface area contributed by atoms with Crippen LogP contribution in [0.2, 0.25) is 0 Å². The van der Waals surface area contributed by atoms with Gasteiger partial charge in [-0.05, 0) is 49.9 Å². The molecule has 3 aromatic rings. The molecule has 0 atom stereocenters. The lowest BCUT2D eigenvalue weighted by Crippen LogP contribution is -2.25. The minimum Gasteiger partial charge on any atom is -0.459 e. The van der Waals surface area contributed by atoms with Crippen molar-refractivity contribution in [1.29, 1.82) is 0 Å². The summed E-state index contributed by atoms with van der Waals surface area (Å²) in [4.78, 5) is 40.8. The van der Waals surface area contributed by atoms with Crippen molar-refractivity contribution < 1.29 is 14.3 Å². The highest BCUT2D eigenvalue weighted by molar-refractivity contribution is 5.97. The monoisotopic (exact) mass is 382 g/mol. The lowest BCUT2D eigenvalue weighted by Gasteiger charge is -2.16. The van der Waals surface area contributed by atoms with Crippen LogP contribution in [0.15, 0.2) is 23.4 Å². The predicted octanol–water partition coefficient (Wildman–Crippen LogP) is 2.00. The molecule has 0 aliphatic heterocycles. The Morgan fingerprint density at radius 3 is 2.57 bits per heavy atom. The summed E-state index contributed by atoms with van der Waals surface area (Å²) in [6.45, 7) is 6.96. The molecule has 0 spiro atoms. The van der Waals surface area contributed by atoms with Crippen LogP contribution < -0.4 is 5.56 Å². The van der Waals surface area contributed by atoms with Crippen molar-refractivity contribution in [1.82, 2.24) is 19.3 Å². The first-order valence-corrected chi connectivity index (χ1v) is 8.84. The molecule has 0 N–H and O–H groups in total. The van der Waals surface area contributed by atoms with Gasteiger partial charge < -0.3 is 4.74 Å². The first-order chi connectivity index (χ1) is 13.2. The van der Waals surface area contributed by atoms with E-state index in [2.05, 4.69) is 10.1 Å². The fourth-order valence-corrected chi connectivity index (χ4v) is 3.51. The SMILES string of the molecule is CC(=O)c1c(C)cc(C)c(COC(=O)Cn2cnc3c(cnn3C)c2=O)c1C. The topological polar surface area (TPSA) is 96.1 Å². The number of ether oxygens (including phenoxy) is 1. The quantitative estimate of drug-likeness (QED) is 0.495. The van der Waals surface area contributed by atoms with Gasteiger partial charge in [-0.1, -0.05) is 6.07 Å². The van der Waals surface area contributed by atoms with Gasteiger partial charge in [-0.15, -0.1) is 0 Å². The third kappa shape index (κ3) is 3.45. The van der Waals surface area contributed by atoms with Gasteiger partial charge in [-0.2, -0.15) is 5.10 Å². The summed E-state index contributed by atoms with van der Waals surface area (Å²) < 4.78 is 8.07. The van der Waals surface area contributed by atoms with E-state index in [0.717, 1.165) is 22.3 Å². The normalized spacial score (nSPS) is 11.0. The third-order valence-electron chi connectivity index (χ3n) is 4.88. The van der Waals surface area contributed by atoms with E-state index in [0.29, 0.717) is 16.6 Å². The summed E-state index contributed by atoms with van der Waals surface area (Å²) >= 11 is 0. The number of aromatic nitrogens is 4. The molecule has 0 saturated carbocycles. The van der Waals surface area contributed by atoms with Crippen molar-refractivity contribution in [3.63, 3.8) is 0 Å². The average Bonchev–Trinajstić information content (AvgIpc) is 2.98. The van der Waals surface area contributed by atoms with E-state index in [4.69, 9.17) is 4.74 Å². The summed E-state index contributed by atoms with van der Waals surface area (Å²) in [7, 11) is 1.69. The predicted molar refractivity (Wildman–Crippen MR) is 103 cm³/mol. The Bertz CT molecular complexity index is 1160. The molecule has 28 heavy (non-hydrogen) atoms. The summed E-state index contributed by atoms with van der Waals surface area (Å²) in [5, 5.41) is 4.34. The molecule has 8 heteroatoms. The van der Waals surface area contributed by atoms with Crippen LogP contribution in [0.4, 0.5) is 0 Å². The maximum Gasteiger partial charge on any atom is 0.326 e. The lowest BCUT2D eigenvalue weighted by atomic mass is 9.92. The molecular formula is C20H22N4O4. The van der Waals surface area contributed by atoms with Gasteiger partial charge in [0.1, 0.15) is 24.9 Å². The summed E-state index contributed by atoms with van der Waals surface area (Å²) in [5.41, 5.74) is 4.22. The maximum absolute atomic E-state index is 12.4. The van der Waals surface area contributed by atoms with Crippen LogP contribution in [0.1, 0.15) is 39.5 Å². The number of fused-ring (bicyclic) bond motifs is 1. The fourth-order valence-electron chi connectivity index (χ4n) is 3.51. The molecule has 0 fully saturated rings. The van der Waals surface area contributed by atoms with Crippen molar-refractivity contribution in [3.8, 4) is 0 Å². The molecule has 0 amide bonds. The minimum absolute atomic E-state index is 0.0232. The molecule has 3 rings (SSSR count). The van der Waals surface area contributed by atoms with Crippen LogP contribution in [-0.4, -0.2) is 31.1 Å². The van der Waals surface area contributed by atoms with E-state index in [1.54, 1.807) is 7.05 Å². The van der Waals surface area contributed by atoms with Crippen molar-refractivity contribution in [2.75, 3.05) is 0 Å². The summed E-state index contributed by atoms with van der Waals surface area (Å²) in [6, 6.07) is 1.91. The second-order valence-corrected chi connectivity index (χ2v) is 6.89. The second-order valence-electron chi connectivity index (χ2n) is 6.89. The van der Waals surface area contributed by atoms with Crippen LogP contribution in [0.3, 0.4) is 0 Å². The van der Waals surface area contributed by atoms with Gasteiger partial charge in [0.2, 0.25) is 0 Å². The number of carbonyl (C=O) groups excluding carboxylic acids is 2. The fraction of sp³-hybridized carbons (Fsp3) is 0.350. The van der Waals surface area contributed by atoms with E-state index in [1.165, 1.54) is 28.7 Å². The summed E-state index contributed by atoms with van der Waals surface area (Å²) in [5.74, 6) is -0.583. The number of nitrogens with zero attached hydrogens (tertiary/aromatic N) is 4. The number of hydrogen-bond donors (Lipinski definition) is 0. The number of ketones is 1. The van der Waals surface area contributed by atoms with E-state index < -0.39 is 5.97 Å². The Hall–Kier alpha value is -3.29.